The molecule has 0 amide bonds. The molecule has 0 saturated carbocycles. The normalized spacial score (nSPS) is 12.1. The Morgan fingerprint density at radius 2 is 2.27 bits per heavy atom. The van der Waals surface area contributed by atoms with Crippen LogP contribution >= 0.6 is 15.9 Å². The third kappa shape index (κ3) is 2.38. The third-order valence-corrected chi connectivity index (χ3v) is 3.28. The van der Waals surface area contributed by atoms with Crippen LogP contribution in [0.3, 0.4) is 0 Å². The zero-order chi connectivity index (χ0) is 11.1. The molecule has 4 nitrogen and oxygen atoms in total. The Balaban J connectivity index is 2.55. The molecule has 0 radical (unpaired) electrons. The molecule has 0 spiro atoms. The predicted octanol–water partition coefficient (Wildman–Crippen LogP) is 1.64. The number of nitrogens with zero attached hydrogens (tertiary/aromatic N) is 2. The van der Waals surface area contributed by atoms with E-state index in [0.717, 1.165) is 10.1 Å². The zero-order valence-corrected chi connectivity index (χ0v) is 10.4. The predicted molar refractivity (Wildman–Crippen MR) is 61.4 cm³/mol. The summed E-state index contributed by atoms with van der Waals surface area (Å²) in [5.74, 6) is 0.00972. The average Bonchev–Trinajstić information content (AvgIpc) is 2.45. The molecule has 0 bridgehead atoms. The summed E-state index contributed by atoms with van der Waals surface area (Å²) in [5.41, 5.74) is 1.42. The standard InChI is InChI=1S/C9H9BrN2O2S/c1-15(13,14)6-8-5-11-9-4-7(10)2-3-12(8)9/h2-5H,6H2,1H3. The largest absolute Gasteiger partial charge is 0.303 e. The lowest BCUT2D eigenvalue weighted by Gasteiger charge is -2.00. The second-order valence-electron chi connectivity index (χ2n) is 3.39. The van der Waals surface area contributed by atoms with Crippen molar-refractivity contribution in [2.24, 2.45) is 0 Å². The Morgan fingerprint density at radius 1 is 1.53 bits per heavy atom. The van der Waals surface area contributed by atoms with Crippen LogP contribution in [0.15, 0.2) is 29.0 Å². The second-order valence-corrected chi connectivity index (χ2v) is 6.45. The van der Waals surface area contributed by atoms with Crippen molar-refractivity contribution in [2.75, 3.05) is 6.26 Å². The molecule has 0 unspecified atom stereocenters. The first kappa shape index (κ1) is 10.6. The minimum Gasteiger partial charge on any atom is -0.303 e. The first-order valence-corrected chi connectivity index (χ1v) is 7.10. The highest BCUT2D eigenvalue weighted by molar-refractivity contribution is 9.10. The number of aromatic nitrogens is 2. The van der Waals surface area contributed by atoms with Gasteiger partial charge in [-0.05, 0) is 12.1 Å². The molecule has 0 aliphatic heterocycles. The molecular formula is C9H9BrN2O2S. The molecular weight excluding hydrogens is 280 g/mol. The molecule has 2 rings (SSSR count). The van der Waals surface area contributed by atoms with Gasteiger partial charge in [0, 0.05) is 16.9 Å². The maximum Gasteiger partial charge on any atom is 0.153 e. The fourth-order valence-electron chi connectivity index (χ4n) is 1.38. The van der Waals surface area contributed by atoms with Gasteiger partial charge in [-0.2, -0.15) is 0 Å². The average molecular weight is 289 g/mol. The molecule has 2 aromatic rings. The van der Waals surface area contributed by atoms with Gasteiger partial charge in [0.1, 0.15) is 5.65 Å². The molecule has 0 N–H and O–H groups in total. The molecule has 2 heterocycles. The summed E-state index contributed by atoms with van der Waals surface area (Å²) in [7, 11) is -3.02. The van der Waals surface area contributed by atoms with Crippen LogP contribution in [-0.2, 0) is 15.6 Å². The van der Waals surface area contributed by atoms with Crippen LogP contribution in [0.25, 0.3) is 5.65 Å². The van der Waals surface area contributed by atoms with E-state index < -0.39 is 9.84 Å². The van der Waals surface area contributed by atoms with Crippen LogP contribution in [-0.4, -0.2) is 24.1 Å². The second kappa shape index (κ2) is 3.61. The SMILES string of the molecule is CS(=O)(=O)Cc1cnc2cc(Br)ccn12. The highest BCUT2D eigenvalue weighted by atomic mass is 79.9. The lowest BCUT2D eigenvalue weighted by molar-refractivity contribution is 0.600. The number of sulfone groups is 1. The minimum absolute atomic E-state index is 0.00972. The van der Waals surface area contributed by atoms with E-state index in [2.05, 4.69) is 20.9 Å². The van der Waals surface area contributed by atoms with Crippen LogP contribution in [0.4, 0.5) is 0 Å². The van der Waals surface area contributed by atoms with E-state index in [-0.39, 0.29) is 5.75 Å². The van der Waals surface area contributed by atoms with Gasteiger partial charge in [-0.25, -0.2) is 13.4 Å². The van der Waals surface area contributed by atoms with Gasteiger partial charge >= 0.3 is 0 Å². The molecule has 0 aromatic carbocycles. The number of fused-ring (bicyclic) bond motifs is 1. The van der Waals surface area contributed by atoms with Crippen molar-refractivity contribution in [3.8, 4) is 0 Å². The molecule has 6 heteroatoms. The van der Waals surface area contributed by atoms with Crippen molar-refractivity contribution < 1.29 is 8.42 Å². The van der Waals surface area contributed by atoms with Gasteiger partial charge in [0.25, 0.3) is 0 Å². The Kier molecular flexibility index (Phi) is 2.56. The number of hydrogen-bond donors (Lipinski definition) is 0. The van der Waals surface area contributed by atoms with Crippen molar-refractivity contribution in [1.29, 1.82) is 0 Å². The van der Waals surface area contributed by atoms with Crippen molar-refractivity contribution in [1.82, 2.24) is 9.38 Å². The van der Waals surface area contributed by atoms with E-state index in [9.17, 15) is 8.42 Å². The molecule has 15 heavy (non-hydrogen) atoms. The van der Waals surface area contributed by atoms with E-state index in [1.54, 1.807) is 16.8 Å². The van der Waals surface area contributed by atoms with Gasteiger partial charge in [-0.1, -0.05) is 15.9 Å². The number of pyridine rings is 1. The molecule has 0 aliphatic carbocycles. The Hall–Kier alpha value is -0.880. The van der Waals surface area contributed by atoms with Crippen molar-refractivity contribution >= 4 is 31.4 Å². The third-order valence-electron chi connectivity index (χ3n) is 1.96. The maximum absolute atomic E-state index is 11.2. The minimum atomic E-state index is -3.02. The smallest absolute Gasteiger partial charge is 0.153 e. The molecule has 0 atom stereocenters. The summed E-state index contributed by atoms with van der Waals surface area (Å²) in [5, 5.41) is 0. The quantitative estimate of drug-likeness (QED) is 0.844. The van der Waals surface area contributed by atoms with Crippen LogP contribution in [0.1, 0.15) is 5.69 Å². The van der Waals surface area contributed by atoms with Gasteiger partial charge < -0.3 is 4.40 Å². The summed E-state index contributed by atoms with van der Waals surface area (Å²) in [6.45, 7) is 0. The first-order chi connectivity index (χ1) is 6.96. The van der Waals surface area contributed by atoms with E-state index in [0.29, 0.717) is 5.69 Å². The molecule has 2 aromatic heterocycles. The van der Waals surface area contributed by atoms with E-state index >= 15 is 0 Å². The molecule has 0 fully saturated rings. The maximum atomic E-state index is 11.2. The number of hydrogen-bond acceptors (Lipinski definition) is 3. The fraction of sp³-hybridized carbons (Fsp3) is 0.222. The van der Waals surface area contributed by atoms with Gasteiger partial charge in [-0.3, -0.25) is 0 Å². The lowest BCUT2D eigenvalue weighted by Crippen LogP contribution is -2.03. The first-order valence-electron chi connectivity index (χ1n) is 4.25. The van der Waals surface area contributed by atoms with Crippen LogP contribution < -0.4 is 0 Å². The summed E-state index contributed by atoms with van der Waals surface area (Å²) < 4.78 is 25.0. The fourth-order valence-corrected chi connectivity index (χ4v) is 2.46. The summed E-state index contributed by atoms with van der Waals surface area (Å²) in [4.78, 5) is 4.13. The van der Waals surface area contributed by atoms with Crippen LogP contribution in [0, 0.1) is 0 Å². The highest BCUT2D eigenvalue weighted by Gasteiger charge is 2.09. The Labute approximate surface area is 96.0 Å². The zero-order valence-electron chi connectivity index (χ0n) is 8.01. The topological polar surface area (TPSA) is 51.4 Å². The molecule has 80 valence electrons. The van der Waals surface area contributed by atoms with Crippen molar-refractivity contribution in [2.45, 2.75) is 5.75 Å². The summed E-state index contributed by atoms with van der Waals surface area (Å²) in [6, 6.07) is 3.69. The van der Waals surface area contributed by atoms with E-state index in [4.69, 9.17) is 0 Å². The van der Waals surface area contributed by atoms with Gasteiger partial charge in [-0.15, -0.1) is 0 Å². The van der Waals surface area contributed by atoms with Crippen molar-refractivity contribution in [3.63, 3.8) is 0 Å². The molecule has 0 saturated heterocycles. The molecule has 0 aliphatic rings. The Morgan fingerprint density at radius 3 is 2.93 bits per heavy atom. The van der Waals surface area contributed by atoms with Gasteiger partial charge in [0.2, 0.25) is 0 Å². The van der Waals surface area contributed by atoms with E-state index in [1.165, 1.54) is 6.26 Å². The lowest BCUT2D eigenvalue weighted by atomic mass is 10.4. The highest BCUT2D eigenvalue weighted by Crippen LogP contribution is 2.15. The number of halogens is 1. The van der Waals surface area contributed by atoms with Crippen LogP contribution in [0.2, 0.25) is 0 Å². The van der Waals surface area contributed by atoms with Gasteiger partial charge in [0.15, 0.2) is 9.84 Å². The Bertz CT molecular complexity index is 604. The van der Waals surface area contributed by atoms with Crippen LogP contribution in [0.5, 0.6) is 0 Å². The number of imidazole rings is 1. The summed E-state index contributed by atoms with van der Waals surface area (Å²) in [6.07, 6.45) is 4.60. The van der Waals surface area contributed by atoms with E-state index in [1.807, 2.05) is 12.1 Å². The van der Waals surface area contributed by atoms with Crippen molar-refractivity contribution in [3.05, 3.63) is 34.7 Å². The summed E-state index contributed by atoms with van der Waals surface area (Å²) >= 11 is 3.33. The number of rotatable bonds is 2. The monoisotopic (exact) mass is 288 g/mol. The van der Waals surface area contributed by atoms with Gasteiger partial charge in [0.05, 0.1) is 17.6 Å².